The average molecular weight is 280 g/mol. The molecular formula is C17H28O3. The van der Waals surface area contributed by atoms with E-state index in [1.807, 2.05) is 0 Å². The monoisotopic (exact) mass is 280 g/mol. The Hall–Kier alpha value is -0.570. The number of ether oxygens (including phenoxy) is 2. The Balaban J connectivity index is 1.69. The Kier molecular flexibility index (Phi) is 3.39. The van der Waals surface area contributed by atoms with Gasteiger partial charge in [0.2, 0.25) is 0 Å². The highest BCUT2D eigenvalue weighted by Gasteiger charge is 2.63. The third-order valence-corrected chi connectivity index (χ3v) is 6.89. The number of hydrogen-bond acceptors (Lipinski definition) is 3. The molecule has 0 aromatic carbocycles. The highest BCUT2D eigenvalue weighted by atomic mass is 16.6. The predicted molar refractivity (Wildman–Crippen MR) is 77.2 cm³/mol. The standard InChI is InChI=1S/C17H28O3/c1-5-13-12(7-9-19-13)15(18)20-14-10-11-6-8-17(14,4)16(11,2)3/h11-14H,5-10H2,1-4H3. The zero-order valence-electron chi connectivity index (χ0n) is 13.3. The van der Waals surface area contributed by atoms with Gasteiger partial charge < -0.3 is 9.47 Å². The van der Waals surface area contributed by atoms with Crippen molar-refractivity contribution in [2.75, 3.05) is 6.61 Å². The summed E-state index contributed by atoms with van der Waals surface area (Å²) in [6, 6.07) is 0. The molecule has 20 heavy (non-hydrogen) atoms. The predicted octanol–water partition coefficient (Wildman–Crippen LogP) is 3.56. The molecule has 0 amide bonds. The SMILES string of the molecule is CCC1OCCC1C(=O)OC1CC2CCC1(C)C2(C)C. The topological polar surface area (TPSA) is 35.5 Å². The van der Waals surface area contributed by atoms with Crippen molar-refractivity contribution in [2.24, 2.45) is 22.7 Å². The van der Waals surface area contributed by atoms with E-state index in [4.69, 9.17) is 9.47 Å². The highest BCUT2D eigenvalue weighted by Crippen LogP contribution is 2.66. The lowest BCUT2D eigenvalue weighted by Crippen LogP contribution is -2.40. The minimum absolute atomic E-state index is 0.0103. The van der Waals surface area contributed by atoms with Crippen molar-refractivity contribution in [3.8, 4) is 0 Å². The molecule has 3 aliphatic rings. The van der Waals surface area contributed by atoms with Gasteiger partial charge in [0.25, 0.3) is 0 Å². The van der Waals surface area contributed by atoms with Gasteiger partial charge >= 0.3 is 5.97 Å². The van der Waals surface area contributed by atoms with Crippen molar-refractivity contribution in [1.82, 2.24) is 0 Å². The minimum Gasteiger partial charge on any atom is -0.461 e. The van der Waals surface area contributed by atoms with E-state index in [-0.39, 0.29) is 29.5 Å². The molecule has 3 nitrogen and oxygen atoms in total. The number of rotatable bonds is 3. The second-order valence-electron chi connectivity index (χ2n) is 7.75. The summed E-state index contributed by atoms with van der Waals surface area (Å²) in [5, 5.41) is 0. The number of hydrogen-bond donors (Lipinski definition) is 0. The van der Waals surface area contributed by atoms with Gasteiger partial charge in [0.05, 0.1) is 12.0 Å². The van der Waals surface area contributed by atoms with Gasteiger partial charge in [-0.3, -0.25) is 4.79 Å². The molecule has 2 saturated carbocycles. The largest absolute Gasteiger partial charge is 0.461 e. The van der Waals surface area contributed by atoms with E-state index in [1.54, 1.807) is 0 Å². The molecule has 5 atom stereocenters. The fourth-order valence-electron chi connectivity index (χ4n) is 4.86. The molecule has 3 heteroatoms. The van der Waals surface area contributed by atoms with Gasteiger partial charge in [-0.05, 0) is 43.4 Å². The third kappa shape index (κ3) is 1.85. The molecule has 0 spiro atoms. The van der Waals surface area contributed by atoms with Crippen LogP contribution < -0.4 is 0 Å². The summed E-state index contributed by atoms with van der Waals surface area (Å²) in [6.45, 7) is 9.81. The lowest BCUT2D eigenvalue weighted by atomic mass is 9.70. The Morgan fingerprint density at radius 2 is 2.05 bits per heavy atom. The van der Waals surface area contributed by atoms with E-state index >= 15 is 0 Å². The van der Waals surface area contributed by atoms with Crippen molar-refractivity contribution in [1.29, 1.82) is 0 Å². The maximum atomic E-state index is 12.5. The average Bonchev–Trinajstić information content (AvgIpc) is 3.01. The van der Waals surface area contributed by atoms with E-state index in [2.05, 4.69) is 27.7 Å². The van der Waals surface area contributed by atoms with Gasteiger partial charge in [0.1, 0.15) is 6.10 Å². The van der Waals surface area contributed by atoms with Crippen LogP contribution >= 0.6 is 0 Å². The molecule has 1 aliphatic heterocycles. The second-order valence-corrected chi connectivity index (χ2v) is 7.75. The summed E-state index contributed by atoms with van der Waals surface area (Å²) in [7, 11) is 0. The first-order chi connectivity index (χ1) is 9.40. The van der Waals surface area contributed by atoms with Gasteiger partial charge in [-0.15, -0.1) is 0 Å². The molecule has 2 bridgehead atoms. The number of fused-ring (bicyclic) bond motifs is 2. The molecule has 1 saturated heterocycles. The summed E-state index contributed by atoms with van der Waals surface area (Å²) in [6.07, 6.45) is 5.45. The molecule has 2 aliphatic carbocycles. The zero-order valence-corrected chi connectivity index (χ0v) is 13.3. The molecule has 1 heterocycles. The molecule has 114 valence electrons. The maximum Gasteiger partial charge on any atom is 0.311 e. The Bertz CT molecular complexity index is 403. The van der Waals surface area contributed by atoms with Crippen molar-refractivity contribution in [3.05, 3.63) is 0 Å². The summed E-state index contributed by atoms with van der Waals surface area (Å²) < 4.78 is 11.6. The second kappa shape index (κ2) is 4.72. The van der Waals surface area contributed by atoms with Crippen molar-refractivity contribution in [3.63, 3.8) is 0 Å². The van der Waals surface area contributed by atoms with E-state index < -0.39 is 0 Å². The van der Waals surface area contributed by atoms with E-state index in [9.17, 15) is 4.79 Å². The molecule has 0 aromatic rings. The van der Waals surface area contributed by atoms with Gasteiger partial charge in [0, 0.05) is 12.0 Å². The maximum absolute atomic E-state index is 12.5. The van der Waals surface area contributed by atoms with Crippen LogP contribution in [-0.2, 0) is 14.3 Å². The Morgan fingerprint density at radius 3 is 2.60 bits per heavy atom. The summed E-state index contributed by atoms with van der Waals surface area (Å²) in [5.41, 5.74) is 0.461. The Labute approximate surface area is 122 Å². The van der Waals surface area contributed by atoms with Crippen LogP contribution in [0.15, 0.2) is 0 Å². The third-order valence-electron chi connectivity index (χ3n) is 6.89. The first-order valence-electron chi connectivity index (χ1n) is 8.22. The van der Waals surface area contributed by atoms with Crippen LogP contribution in [0.2, 0.25) is 0 Å². The molecule has 5 unspecified atom stereocenters. The molecule has 3 fully saturated rings. The first-order valence-corrected chi connectivity index (χ1v) is 8.22. The quantitative estimate of drug-likeness (QED) is 0.742. The van der Waals surface area contributed by atoms with E-state index in [1.165, 1.54) is 12.8 Å². The minimum atomic E-state index is -0.0363. The van der Waals surface area contributed by atoms with Crippen LogP contribution in [0.1, 0.15) is 59.8 Å². The van der Waals surface area contributed by atoms with Crippen LogP contribution in [0.5, 0.6) is 0 Å². The molecule has 0 aromatic heterocycles. The van der Waals surface area contributed by atoms with Gasteiger partial charge in [-0.25, -0.2) is 0 Å². The smallest absolute Gasteiger partial charge is 0.311 e. The van der Waals surface area contributed by atoms with Gasteiger partial charge in [-0.2, -0.15) is 0 Å². The molecule has 0 radical (unpaired) electrons. The van der Waals surface area contributed by atoms with Gasteiger partial charge in [-0.1, -0.05) is 27.7 Å². The van der Waals surface area contributed by atoms with E-state index in [0.29, 0.717) is 17.9 Å². The lowest BCUT2D eigenvalue weighted by molar-refractivity contribution is -0.163. The Morgan fingerprint density at radius 1 is 1.30 bits per heavy atom. The van der Waals surface area contributed by atoms with Gasteiger partial charge in [0.15, 0.2) is 0 Å². The fraction of sp³-hybridized carbons (Fsp3) is 0.941. The zero-order chi connectivity index (χ0) is 14.5. The number of esters is 1. The van der Waals surface area contributed by atoms with Crippen LogP contribution in [0.3, 0.4) is 0 Å². The van der Waals surface area contributed by atoms with Crippen LogP contribution in [0.25, 0.3) is 0 Å². The molecule has 3 rings (SSSR count). The van der Waals surface area contributed by atoms with Crippen LogP contribution in [-0.4, -0.2) is 24.8 Å². The first kappa shape index (κ1) is 14.4. The van der Waals surface area contributed by atoms with Crippen molar-refractivity contribution < 1.29 is 14.3 Å². The highest BCUT2D eigenvalue weighted by molar-refractivity contribution is 5.73. The van der Waals surface area contributed by atoms with Crippen LogP contribution in [0.4, 0.5) is 0 Å². The van der Waals surface area contributed by atoms with Crippen molar-refractivity contribution >= 4 is 5.97 Å². The number of carbonyl (C=O) groups is 1. The normalized spacial score (nSPS) is 45.8. The lowest BCUT2D eigenvalue weighted by Gasteiger charge is -2.38. The van der Waals surface area contributed by atoms with Crippen molar-refractivity contribution in [2.45, 2.75) is 72.0 Å². The summed E-state index contributed by atoms with van der Waals surface area (Å²) in [5.74, 6) is 0.668. The summed E-state index contributed by atoms with van der Waals surface area (Å²) >= 11 is 0. The fourth-order valence-corrected chi connectivity index (χ4v) is 4.86. The van der Waals surface area contributed by atoms with Crippen LogP contribution in [0, 0.1) is 22.7 Å². The van der Waals surface area contributed by atoms with E-state index in [0.717, 1.165) is 19.3 Å². The molecule has 0 N–H and O–H groups in total. The number of carbonyl (C=O) groups excluding carboxylic acids is 1. The summed E-state index contributed by atoms with van der Waals surface area (Å²) in [4.78, 5) is 12.5. The molecular weight excluding hydrogens is 252 g/mol.